The summed E-state index contributed by atoms with van der Waals surface area (Å²) in [6.07, 6.45) is 4.94. The Morgan fingerprint density at radius 1 is 1.41 bits per heavy atom. The molecule has 0 aliphatic carbocycles. The number of anilines is 2. The summed E-state index contributed by atoms with van der Waals surface area (Å²) in [5.74, 6) is 0.535. The highest BCUT2D eigenvalue weighted by Crippen LogP contribution is 2.22. The second-order valence-corrected chi connectivity index (χ2v) is 3.94. The van der Waals surface area contributed by atoms with Gasteiger partial charge in [-0.05, 0) is 24.1 Å². The molecular weight excluding hydrogens is 238 g/mol. The normalized spacial score (nSPS) is 10.2. The molecular formula is C11H12ClN5. The van der Waals surface area contributed by atoms with Crippen LogP contribution in [-0.2, 0) is 6.54 Å². The Balaban J connectivity index is 2.13. The zero-order valence-electron chi connectivity index (χ0n) is 9.31. The monoisotopic (exact) mass is 249 g/mol. The van der Waals surface area contributed by atoms with E-state index < -0.39 is 0 Å². The van der Waals surface area contributed by atoms with Crippen molar-refractivity contribution >= 4 is 23.1 Å². The first-order valence-corrected chi connectivity index (χ1v) is 5.45. The van der Waals surface area contributed by atoms with Crippen molar-refractivity contribution < 1.29 is 0 Å². The molecule has 0 amide bonds. The zero-order chi connectivity index (χ0) is 12.3. The van der Waals surface area contributed by atoms with Crippen molar-refractivity contribution in [3.05, 3.63) is 41.1 Å². The van der Waals surface area contributed by atoms with E-state index in [0.717, 1.165) is 11.1 Å². The van der Waals surface area contributed by atoms with E-state index in [1.165, 1.54) is 6.33 Å². The van der Waals surface area contributed by atoms with E-state index in [1.54, 1.807) is 12.4 Å². The van der Waals surface area contributed by atoms with Gasteiger partial charge in [-0.2, -0.15) is 0 Å². The van der Waals surface area contributed by atoms with Crippen molar-refractivity contribution in [3.63, 3.8) is 0 Å². The van der Waals surface area contributed by atoms with Crippen LogP contribution in [-0.4, -0.2) is 15.0 Å². The van der Waals surface area contributed by atoms with Crippen LogP contribution in [0.4, 0.5) is 11.5 Å². The second kappa shape index (κ2) is 4.97. The lowest BCUT2D eigenvalue weighted by Crippen LogP contribution is -2.06. The first-order valence-electron chi connectivity index (χ1n) is 5.08. The minimum atomic E-state index is 0.255. The Kier molecular flexibility index (Phi) is 3.39. The molecule has 2 aromatic heterocycles. The molecule has 0 atom stereocenters. The molecule has 0 radical (unpaired) electrons. The summed E-state index contributed by atoms with van der Waals surface area (Å²) >= 11 is 5.80. The number of nitrogens with one attached hydrogen (secondary N) is 1. The average molecular weight is 250 g/mol. The first-order chi connectivity index (χ1) is 8.18. The second-order valence-electron chi connectivity index (χ2n) is 3.58. The number of nitrogens with zero attached hydrogens (tertiary/aromatic N) is 3. The summed E-state index contributed by atoms with van der Waals surface area (Å²) in [6, 6.07) is 1.95. The summed E-state index contributed by atoms with van der Waals surface area (Å²) in [5, 5.41) is 3.37. The lowest BCUT2D eigenvalue weighted by Gasteiger charge is -2.09. The van der Waals surface area contributed by atoms with Gasteiger partial charge in [-0.1, -0.05) is 11.6 Å². The Labute approximate surface area is 104 Å². The lowest BCUT2D eigenvalue weighted by molar-refractivity contribution is 1.05. The number of aryl methyl sites for hydroxylation is 1. The highest BCUT2D eigenvalue weighted by molar-refractivity contribution is 6.32. The van der Waals surface area contributed by atoms with Gasteiger partial charge in [0.25, 0.3) is 0 Å². The maximum Gasteiger partial charge on any atom is 0.157 e. The van der Waals surface area contributed by atoms with Crippen LogP contribution in [0.5, 0.6) is 0 Å². The van der Waals surface area contributed by atoms with E-state index in [2.05, 4.69) is 20.3 Å². The van der Waals surface area contributed by atoms with E-state index in [0.29, 0.717) is 18.1 Å². The molecule has 0 saturated heterocycles. The van der Waals surface area contributed by atoms with Crippen LogP contribution in [0.25, 0.3) is 0 Å². The molecule has 0 spiro atoms. The molecule has 88 valence electrons. The Morgan fingerprint density at radius 3 is 3.00 bits per heavy atom. The molecule has 2 aromatic rings. The SMILES string of the molecule is Cc1ccncc1CNc1ncnc(Cl)c1N. The number of aromatic nitrogens is 3. The maximum absolute atomic E-state index is 5.80. The molecule has 6 heteroatoms. The summed E-state index contributed by atoms with van der Waals surface area (Å²) in [5.41, 5.74) is 8.35. The number of hydrogen-bond acceptors (Lipinski definition) is 5. The number of rotatable bonds is 3. The van der Waals surface area contributed by atoms with Crippen molar-refractivity contribution in [1.82, 2.24) is 15.0 Å². The predicted molar refractivity (Wildman–Crippen MR) is 67.8 cm³/mol. The van der Waals surface area contributed by atoms with Gasteiger partial charge in [-0.3, -0.25) is 4.98 Å². The summed E-state index contributed by atoms with van der Waals surface area (Å²) < 4.78 is 0. The Morgan fingerprint density at radius 2 is 2.24 bits per heavy atom. The minimum absolute atomic E-state index is 0.255. The molecule has 0 unspecified atom stereocenters. The summed E-state index contributed by atoms with van der Waals surface area (Å²) in [7, 11) is 0. The van der Waals surface area contributed by atoms with Gasteiger partial charge in [0, 0.05) is 18.9 Å². The van der Waals surface area contributed by atoms with E-state index in [1.807, 2.05) is 13.0 Å². The number of nitrogen functional groups attached to an aromatic ring is 1. The molecule has 17 heavy (non-hydrogen) atoms. The lowest BCUT2D eigenvalue weighted by atomic mass is 10.1. The fourth-order valence-corrected chi connectivity index (χ4v) is 1.51. The Bertz CT molecular complexity index is 529. The maximum atomic E-state index is 5.80. The van der Waals surface area contributed by atoms with Gasteiger partial charge >= 0.3 is 0 Å². The van der Waals surface area contributed by atoms with Crippen LogP contribution in [0.2, 0.25) is 5.15 Å². The van der Waals surface area contributed by atoms with Gasteiger partial charge in [0.15, 0.2) is 11.0 Å². The van der Waals surface area contributed by atoms with Crippen molar-refractivity contribution in [2.75, 3.05) is 11.1 Å². The smallest absolute Gasteiger partial charge is 0.157 e. The van der Waals surface area contributed by atoms with E-state index >= 15 is 0 Å². The van der Waals surface area contributed by atoms with Crippen LogP contribution < -0.4 is 11.1 Å². The largest absolute Gasteiger partial charge is 0.393 e. The fourth-order valence-electron chi connectivity index (χ4n) is 1.38. The van der Waals surface area contributed by atoms with Crippen LogP contribution >= 0.6 is 11.6 Å². The zero-order valence-corrected chi connectivity index (χ0v) is 10.1. The average Bonchev–Trinajstić information content (AvgIpc) is 2.33. The van der Waals surface area contributed by atoms with Crippen molar-refractivity contribution in [1.29, 1.82) is 0 Å². The topological polar surface area (TPSA) is 76.7 Å². The number of pyridine rings is 1. The molecule has 3 N–H and O–H groups in total. The molecule has 0 saturated carbocycles. The first kappa shape index (κ1) is 11.6. The molecule has 0 aliphatic rings. The van der Waals surface area contributed by atoms with E-state index in [9.17, 15) is 0 Å². The molecule has 0 aliphatic heterocycles. The van der Waals surface area contributed by atoms with Crippen molar-refractivity contribution in [3.8, 4) is 0 Å². The standard InChI is InChI=1S/C11H12ClN5/c1-7-2-3-14-4-8(7)5-15-11-9(13)10(12)16-6-17-11/h2-4,6H,5,13H2,1H3,(H,15,16,17). The number of halogens is 1. The fraction of sp³-hybridized carbons (Fsp3) is 0.182. The molecule has 0 bridgehead atoms. The van der Waals surface area contributed by atoms with Gasteiger partial charge in [0.05, 0.1) is 0 Å². The summed E-state index contributed by atoms with van der Waals surface area (Å²) in [6.45, 7) is 2.62. The predicted octanol–water partition coefficient (Wildman–Crippen LogP) is 2.03. The summed E-state index contributed by atoms with van der Waals surface area (Å²) in [4.78, 5) is 11.9. The highest BCUT2D eigenvalue weighted by Gasteiger charge is 2.06. The van der Waals surface area contributed by atoms with Crippen LogP contribution in [0.15, 0.2) is 24.8 Å². The third kappa shape index (κ3) is 2.62. The minimum Gasteiger partial charge on any atom is -0.393 e. The van der Waals surface area contributed by atoms with Crippen molar-refractivity contribution in [2.45, 2.75) is 13.5 Å². The third-order valence-corrected chi connectivity index (χ3v) is 2.73. The van der Waals surface area contributed by atoms with Crippen LogP contribution in [0.1, 0.15) is 11.1 Å². The van der Waals surface area contributed by atoms with E-state index in [-0.39, 0.29) is 5.15 Å². The van der Waals surface area contributed by atoms with Crippen LogP contribution in [0.3, 0.4) is 0 Å². The van der Waals surface area contributed by atoms with Gasteiger partial charge in [0.2, 0.25) is 0 Å². The molecule has 0 aromatic carbocycles. The quantitative estimate of drug-likeness (QED) is 0.814. The van der Waals surface area contributed by atoms with Gasteiger partial charge in [-0.25, -0.2) is 9.97 Å². The molecule has 2 rings (SSSR count). The highest BCUT2D eigenvalue weighted by atomic mass is 35.5. The van der Waals surface area contributed by atoms with Crippen LogP contribution in [0, 0.1) is 6.92 Å². The van der Waals surface area contributed by atoms with E-state index in [4.69, 9.17) is 17.3 Å². The third-order valence-electron chi connectivity index (χ3n) is 2.43. The van der Waals surface area contributed by atoms with Gasteiger partial charge in [0.1, 0.15) is 12.0 Å². The van der Waals surface area contributed by atoms with Gasteiger partial charge < -0.3 is 11.1 Å². The van der Waals surface area contributed by atoms with Gasteiger partial charge in [-0.15, -0.1) is 0 Å². The number of hydrogen-bond donors (Lipinski definition) is 2. The molecule has 2 heterocycles. The number of nitrogens with two attached hydrogens (primary N) is 1. The Hall–Kier alpha value is -1.88. The molecule has 0 fully saturated rings. The van der Waals surface area contributed by atoms with Crippen molar-refractivity contribution in [2.24, 2.45) is 0 Å². The molecule has 5 nitrogen and oxygen atoms in total.